The van der Waals surface area contributed by atoms with Crippen molar-refractivity contribution in [3.8, 4) is 0 Å². The highest BCUT2D eigenvalue weighted by atomic mass is 15.1. The maximum absolute atomic E-state index is 3.55. The minimum absolute atomic E-state index is 0.961. The zero-order chi connectivity index (χ0) is 12.2. The molecule has 2 heterocycles. The first kappa shape index (κ1) is 12.9. The number of fused-ring (bicyclic) bond motifs is 1. The van der Waals surface area contributed by atoms with Crippen LogP contribution in [0.3, 0.4) is 0 Å². The second kappa shape index (κ2) is 6.38. The molecule has 3 unspecified atom stereocenters. The van der Waals surface area contributed by atoms with Crippen molar-refractivity contribution in [2.75, 3.05) is 32.7 Å². The van der Waals surface area contributed by atoms with Crippen LogP contribution in [0.2, 0.25) is 0 Å². The first-order chi connectivity index (χ1) is 8.92. The minimum Gasteiger partial charge on any atom is -0.316 e. The lowest BCUT2D eigenvalue weighted by molar-refractivity contribution is 0.0816. The third-order valence-electron chi connectivity index (χ3n) is 5.63. The summed E-state index contributed by atoms with van der Waals surface area (Å²) in [6, 6.07) is 0. The second-order valence-corrected chi connectivity index (χ2v) is 6.89. The Labute approximate surface area is 113 Å². The summed E-state index contributed by atoms with van der Waals surface area (Å²) < 4.78 is 0. The number of nitrogens with zero attached hydrogens (tertiary/aromatic N) is 1. The molecule has 1 aliphatic carbocycles. The fourth-order valence-corrected chi connectivity index (χ4v) is 4.41. The maximum Gasteiger partial charge on any atom is 0.00123 e. The van der Waals surface area contributed by atoms with Crippen LogP contribution in [0.4, 0.5) is 0 Å². The number of likely N-dealkylation sites (tertiary alicyclic amines) is 1. The van der Waals surface area contributed by atoms with Crippen molar-refractivity contribution in [2.24, 2.45) is 17.8 Å². The van der Waals surface area contributed by atoms with E-state index in [1.54, 1.807) is 0 Å². The Bertz CT molecular complexity index is 247. The summed E-state index contributed by atoms with van der Waals surface area (Å²) in [5, 5.41) is 3.55. The summed E-state index contributed by atoms with van der Waals surface area (Å²) in [6.07, 6.45) is 11.9. The van der Waals surface area contributed by atoms with Crippen molar-refractivity contribution in [2.45, 2.75) is 51.4 Å². The maximum atomic E-state index is 3.55. The average molecular weight is 250 g/mol. The standard InChI is InChI=1S/C16H30N2/c1-2-6-16-13-18(11-8-15(16)5-1)10-7-14-4-3-9-17-12-14/h14-17H,1-13H2. The third kappa shape index (κ3) is 3.27. The van der Waals surface area contributed by atoms with Crippen LogP contribution >= 0.6 is 0 Å². The molecule has 2 nitrogen and oxygen atoms in total. The van der Waals surface area contributed by atoms with Crippen LogP contribution in [0.25, 0.3) is 0 Å². The van der Waals surface area contributed by atoms with Gasteiger partial charge in [-0.15, -0.1) is 0 Å². The molecule has 0 radical (unpaired) electrons. The van der Waals surface area contributed by atoms with Gasteiger partial charge in [-0.1, -0.05) is 19.3 Å². The molecule has 2 heteroatoms. The molecule has 1 N–H and O–H groups in total. The molecule has 3 aliphatic rings. The van der Waals surface area contributed by atoms with Gasteiger partial charge < -0.3 is 10.2 Å². The smallest absolute Gasteiger partial charge is 0.00123 e. The normalized spacial score (nSPS) is 38.3. The molecule has 1 saturated carbocycles. The van der Waals surface area contributed by atoms with E-state index in [0.29, 0.717) is 0 Å². The Balaban J connectivity index is 1.40. The SMILES string of the molecule is C1CNCC(CCN2CCC3CCCCC3C2)C1. The van der Waals surface area contributed by atoms with E-state index in [0.717, 1.165) is 17.8 Å². The van der Waals surface area contributed by atoms with E-state index in [1.165, 1.54) is 84.1 Å². The molecule has 0 aromatic carbocycles. The number of hydrogen-bond acceptors (Lipinski definition) is 2. The summed E-state index contributed by atoms with van der Waals surface area (Å²) in [5.41, 5.74) is 0. The highest BCUT2D eigenvalue weighted by molar-refractivity contribution is 4.84. The van der Waals surface area contributed by atoms with Crippen molar-refractivity contribution in [3.63, 3.8) is 0 Å². The Morgan fingerprint density at radius 3 is 2.67 bits per heavy atom. The number of hydrogen-bond donors (Lipinski definition) is 1. The van der Waals surface area contributed by atoms with E-state index in [4.69, 9.17) is 0 Å². The first-order valence-corrected chi connectivity index (χ1v) is 8.35. The fraction of sp³-hybridized carbons (Fsp3) is 1.00. The predicted octanol–water partition coefficient (Wildman–Crippen LogP) is 2.89. The predicted molar refractivity (Wildman–Crippen MR) is 76.7 cm³/mol. The minimum atomic E-state index is 0.961. The van der Waals surface area contributed by atoms with Gasteiger partial charge in [-0.05, 0) is 76.0 Å². The van der Waals surface area contributed by atoms with Crippen LogP contribution in [0, 0.1) is 17.8 Å². The van der Waals surface area contributed by atoms with Gasteiger partial charge >= 0.3 is 0 Å². The van der Waals surface area contributed by atoms with E-state index in [9.17, 15) is 0 Å². The van der Waals surface area contributed by atoms with Crippen molar-refractivity contribution in [3.05, 3.63) is 0 Å². The lowest BCUT2D eigenvalue weighted by Crippen LogP contribution is -2.43. The van der Waals surface area contributed by atoms with E-state index < -0.39 is 0 Å². The summed E-state index contributed by atoms with van der Waals surface area (Å²) in [4.78, 5) is 2.78. The van der Waals surface area contributed by atoms with Crippen molar-refractivity contribution in [1.29, 1.82) is 0 Å². The largest absolute Gasteiger partial charge is 0.316 e. The van der Waals surface area contributed by atoms with Gasteiger partial charge in [0.1, 0.15) is 0 Å². The lowest BCUT2D eigenvalue weighted by Gasteiger charge is -2.41. The molecule has 0 bridgehead atoms. The Kier molecular flexibility index (Phi) is 4.58. The molecule has 0 aromatic rings. The fourth-order valence-electron chi connectivity index (χ4n) is 4.41. The lowest BCUT2D eigenvalue weighted by atomic mass is 9.75. The third-order valence-corrected chi connectivity index (χ3v) is 5.63. The molecule has 3 fully saturated rings. The van der Waals surface area contributed by atoms with Crippen molar-refractivity contribution < 1.29 is 0 Å². The highest BCUT2D eigenvalue weighted by Crippen LogP contribution is 2.36. The average Bonchev–Trinajstić information content (AvgIpc) is 2.46. The quantitative estimate of drug-likeness (QED) is 0.828. The van der Waals surface area contributed by atoms with Crippen LogP contribution in [-0.2, 0) is 0 Å². The van der Waals surface area contributed by atoms with Crippen LogP contribution in [0.5, 0.6) is 0 Å². The van der Waals surface area contributed by atoms with Gasteiger partial charge in [0.25, 0.3) is 0 Å². The molecule has 0 aromatic heterocycles. The van der Waals surface area contributed by atoms with Gasteiger partial charge in [-0.2, -0.15) is 0 Å². The summed E-state index contributed by atoms with van der Waals surface area (Å²) in [6.45, 7) is 6.71. The van der Waals surface area contributed by atoms with Gasteiger partial charge in [0.05, 0.1) is 0 Å². The number of piperidine rings is 2. The monoisotopic (exact) mass is 250 g/mol. The van der Waals surface area contributed by atoms with E-state index in [1.807, 2.05) is 0 Å². The van der Waals surface area contributed by atoms with Gasteiger partial charge in [-0.25, -0.2) is 0 Å². The van der Waals surface area contributed by atoms with E-state index in [-0.39, 0.29) is 0 Å². The molecule has 0 spiro atoms. The Hall–Kier alpha value is -0.0800. The molecule has 3 rings (SSSR count). The molecule has 2 saturated heterocycles. The number of nitrogens with one attached hydrogen (secondary N) is 1. The van der Waals surface area contributed by atoms with Crippen LogP contribution in [0.1, 0.15) is 51.4 Å². The molecule has 3 atom stereocenters. The molecule has 2 aliphatic heterocycles. The topological polar surface area (TPSA) is 15.3 Å². The first-order valence-electron chi connectivity index (χ1n) is 8.35. The Morgan fingerprint density at radius 2 is 1.83 bits per heavy atom. The molecular formula is C16H30N2. The van der Waals surface area contributed by atoms with Crippen molar-refractivity contribution >= 4 is 0 Å². The van der Waals surface area contributed by atoms with Crippen LogP contribution in [-0.4, -0.2) is 37.6 Å². The Morgan fingerprint density at radius 1 is 0.944 bits per heavy atom. The van der Waals surface area contributed by atoms with Crippen molar-refractivity contribution in [1.82, 2.24) is 10.2 Å². The molecule has 0 amide bonds. The summed E-state index contributed by atoms with van der Waals surface area (Å²) in [7, 11) is 0. The molecule has 18 heavy (non-hydrogen) atoms. The molecule has 104 valence electrons. The zero-order valence-corrected chi connectivity index (χ0v) is 11.9. The highest BCUT2D eigenvalue weighted by Gasteiger charge is 2.30. The van der Waals surface area contributed by atoms with E-state index >= 15 is 0 Å². The summed E-state index contributed by atoms with van der Waals surface area (Å²) in [5.74, 6) is 3.10. The zero-order valence-electron chi connectivity index (χ0n) is 11.9. The van der Waals surface area contributed by atoms with Gasteiger partial charge in [0.2, 0.25) is 0 Å². The number of rotatable bonds is 3. The second-order valence-electron chi connectivity index (χ2n) is 6.89. The van der Waals surface area contributed by atoms with Gasteiger partial charge in [0.15, 0.2) is 0 Å². The molecular weight excluding hydrogens is 220 g/mol. The summed E-state index contributed by atoms with van der Waals surface area (Å²) >= 11 is 0. The van der Waals surface area contributed by atoms with Gasteiger partial charge in [0, 0.05) is 6.54 Å². The van der Waals surface area contributed by atoms with Gasteiger partial charge in [-0.3, -0.25) is 0 Å². The van der Waals surface area contributed by atoms with Crippen LogP contribution in [0.15, 0.2) is 0 Å². The van der Waals surface area contributed by atoms with E-state index in [2.05, 4.69) is 10.2 Å². The van der Waals surface area contributed by atoms with Crippen LogP contribution < -0.4 is 5.32 Å².